The molecule has 0 aromatic heterocycles. The zero-order chi connectivity index (χ0) is 15.6. The van der Waals surface area contributed by atoms with Crippen molar-refractivity contribution in [1.29, 1.82) is 0 Å². The van der Waals surface area contributed by atoms with Gasteiger partial charge in [0.25, 0.3) is 0 Å². The smallest absolute Gasteiger partial charge is 0.244 e. The SMILES string of the molecule is CC(N)C1CN(c2ccccc2S(=O)(=O)N(C)C)CCO1. The molecule has 1 saturated heterocycles. The lowest BCUT2D eigenvalue weighted by Gasteiger charge is -2.37. The second-order valence-electron chi connectivity index (χ2n) is 5.47. The van der Waals surface area contributed by atoms with E-state index in [1.54, 1.807) is 12.1 Å². The van der Waals surface area contributed by atoms with E-state index in [-0.39, 0.29) is 12.1 Å². The summed E-state index contributed by atoms with van der Waals surface area (Å²) in [5.41, 5.74) is 6.61. The molecule has 0 spiro atoms. The third-order valence-corrected chi connectivity index (χ3v) is 5.51. The summed E-state index contributed by atoms with van der Waals surface area (Å²) < 4.78 is 31.8. The molecule has 2 unspecified atom stereocenters. The number of hydrogen-bond acceptors (Lipinski definition) is 5. The van der Waals surface area contributed by atoms with Gasteiger partial charge in [0.05, 0.1) is 18.4 Å². The number of anilines is 1. The van der Waals surface area contributed by atoms with Crippen LogP contribution in [0.15, 0.2) is 29.2 Å². The van der Waals surface area contributed by atoms with Crippen molar-refractivity contribution in [3.05, 3.63) is 24.3 Å². The molecule has 1 aromatic carbocycles. The molecule has 21 heavy (non-hydrogen) atoms. The van der Waals surface area contributed by atoms with E-state index in [1.807, 2.05) is 24.0 Å². The molecule has 1 heterocycles. The first-order valence-corrected chi connectivity index (χ1v) is 8.41. The van der Waals surface area contributed by atoms with Crippen LogP contribution in [0.3, 0.4) is 0 Å². The first-order valence-electron chi connectivity index (χ1n) is 6.97. The highest BCUT2D eigenvalue weighted by atomic mass is 32.2. The largest absolute Gasteiger partial charge is 0.373 e. The summed E-state index contributed by atoms with van der Waals surface area (Å²) in [6, 6.07) is 6.97. The first kappa shape index (κ1) is 16.2. The van der Waals surface area contributed by atoms with Crippen molar-refractivity contribution >= 4 is 15.7 Å². The summed E-state index contributed by atoms with van der Waals surface area (Å²) in [5, 5.41) is 0. The number of morpholine rings is 1. The number of rotatable bonds is 4. The summed E-state index contributed by atoms with van der Waals surface area (Å²) in [7, 11) is -0.399. The van der Waals surface area contributed by atoms with Gasteiger partial charge in [-0.25, -0.2) is 12.7 Å². The maximum absolute atomic E-state index is 12.5. The first-order chi connectivity index (χ1) is 9.84. The predicted molar refractivity (Wildman–Crippen MR) is 82.9 cm³/mol. The number of nitrogens with zero attached hydrogens (tertiary/aromatic N) is 2. The van der Waals surface area contributed by atoms with Gasteiger partial charge in [-0.05, 0) is 19.1 Å². The molecule has 1 aromatic rings. The maximum Gasteiger partial charge on any atom is 0.244 e. The van der Waals surface area contributed by atoms with Crippen LogP contribution in [0, 0.1) is 0 Å². The van der Waals surface area contributed by atoms with Crippen molar-refractivity contribution in [3.63, 3.8) is 0 Å². The van der Waals surface area contributed by atoms with Crippen molar-refractivity contribution in [1.82, 2.24) is 4.31 Å². The zero-order valence-corrected chi connectivity index (χ0v) is 13.5. The van der Waals surface area contributed by atoms with Crippen LogP contribution in [0.25, 0.3) is 0 Å². The minimum absolute atomic E-state index is 0.0890. The fraction of sp³-hybridized carbons (Fsp3) is 0.571. The molecule has 2 atom stereocenters. The monoisotopic (exact) mass is 313 g/mol. The van der Waals surface area contributed by atoms with Crippen LogP contribution in [0.2, 0.25) is 0 Å². The van der Waals surface area contributed by atoms with Gasteiger partial charge >= 0.3 is 0 Å². The summed E-state index contributed by atoms with van der Waals surface area (Å²) in [6.07, 6.45) is -0.0890. The highest BCUT2D eigenvalue weighted by Gasteiger charge is 2.28. The molecule has 0 aliphatic carbocycles. The second kappa shape index (κ2) is 6.31. The lowest BCUT2D eigenvalue weighted by molar-refractivity contribution is 0.0274. The lowest BCUT2D eigenvalue weighted by Crippen LogP contribution is -2.50. The lowest BCUT2D eigenvalue weighted by atomic mass is 10.1. The highest BCUT2D eigenvalue weighted by Crippen LogP contribution is 2.28. The molecule has 0 saturated carbocycles. The molecule has 1 aliphatic heterocycles. The highest BCUT2D eigenvalue weighted by molar-refractivity contribution is 7.89. The fourth-order valence-electron chi connectivity index (χ4n) is 2.35. The Bertz CT molecular complexity index is 587. The van der Waals surface area contributed by atoms with Gasteiger partial charge in [0.15, 0.2) is 0 Å². The molecule has 0 bridgehead atoms. The topological polar surface area (TPSA) is 75.9 Å². The van der Waals surface area contributed by atoms with E-state index >= 15 is 0 Å². The standard InChI is InChI=1S/C14H23N3O3S/c1-11(15)13-10-17(8-9-20-13)12-6-4-5-7-14(12)21(18,19)16(2)3/h4-7,11,13H,8-10,15H2,1-3H3. The van der Waals surface area contributed by atoms with E-state index in [2.05, 4.69) is 0 Å². The van der Waals surface area contributed by atoms with Crippen molar-refractivity contribution in [2.75, 3.05) is 38.7 Å². The zero-order valence-electron chi connectivity index (χ0n) is 12.7. The summed E-state index contributed by atoms with van der Waals surface area (Å²) in [4.78, 5) is 2.36. The molecule has 1 fully saturated rings. The predicted octanol–water partition coefficient (Wildman–Crippen LogP) is 0.489. The van der Waals surface area contributed by atoms with Gasteiger partial charge in [0, 0.05) is 33.2 Å². The van der Waals surface area contributed by atoms with Crippen LogP contribution in [-0.4, -0.2) is 58.7 Å². The molecular weight excluding hydrogens is 290 g/mol. The quantitative estimate of drug-likeness (QED) is 0.875. The average Bonchev–Trinajstić information content (AvgIpc) is 2.47. The number of hydrogen-bond donors (Lipinski definition) is 1. The van der Waals surface area contributed by atoms with E-state index in [0.717, 1.165) is 0 Å². The van der Waals surface area contributed by atoms with Gasteiger partial charge in [-0.3, -0.25) is 0 Å². The molecule has 118 valence electrons. The van der Waals surface area contributed by atoms with Crippen LogP contribution < -0.4 is 10.6 Å². The number of sulfonamides is 1. The molecule has 0 radical (unpaired) electrons. The minimum Gasteiger partial charge on any atom is -0.373 e. The normalized spacial score (nSPS) is 21.6. The summed E-state index contributed by atoms with van der Waals surface area (Å²) >= 11 is 0. The summed E-state index contributed by atoms with van der Waals surface area (Å²) in [6.45, 7) is 3.69. The third kappa shape index (κ3) is 3.37. The Hall–Kier alpha value is -1.15. The van der Waals surface area contributed by atoms with Crippen molar-refractivity contribution in [2.24, 2.45) is 5.73 Å². The fourth-order valence-corrected chi connectivity index (χ4v) is 3.45. The van der Waals surface area contributed by atoms with Gasteiger partial charge in [0.2, 0.25) is 10.0 Å². The Balaban J connectivity index is 2.37. The van der Waals surface area contributed by atoms with Crippen molar-refractivity contribution in [2.45, 2.75) is 24.0 Å². The van der Waals surface area contributed by atoms with E-state index in [1.165, 1.54) is 18.4 Å². The Morgan fingerprint density at radius 1 is 1.38 bits per heavy atom. The molecule has 2 N–H and O–H groups in total. The van der Waals surface area contributed by atoms with Crippen molar-refractivity contribution in [3.8, 4) is 0 Å². The molecule has 7 heteroatoms. The molecule has 2 rings (SSSR count). The van der Waals surface area contributed by atoms with Gasteiger partial charge in [-0.15, -0.1) is 0 Å². The van der Waals surface area contributed by atoms with Crippen LogP contribution in [0.5, 0.6) is 0 Å². The van der Waals surface area contributed by atoms with Gasteiger partial charge < -0.3 is 15.4 Å². The van der Waals surface area contributed by atoms with Gasteiger partial charge in [-0.1, -0.05) is 12.1 Å². The van der Waals surface area contributed by atoms with Gasteiger partial charge in [0.1, 0.15) is 4.90 Å². The van der Waals surface area contributed by atoms with Crippen LogP contribution in [0.4, 0.5) is 5.69 Å². The third-order valence-electron chi connectivity index (χ3n) is 3.64. The average molecular weight is 313 g/mol. The molecule has 1 aliphatic rings. The van der Waals surface area contributed by atoms with E-state index in [0.29, 0.717) is 30.3 Å². The Morgan fingerprint density at radius 2 is 2.05 bits per heavy atom. The van der Waals surface area contributed by atoms with E-state index in [4.69, 9.17) is 10.5 Å². The number of para-hydroxylation sites is 1. The summed E-state index contributed by atoms with van der Waals surface area (Å²) in [5.74, 6) is 0. The Kier molecular flexibility index (Phi) is 4.88. The van der Waals surface area contributed by atoms with Crippen LogP contribution in [0.1, 0.15) is 6.92 Å². The Labute approximate surface area is 126 Å². The van der Waals surface area contributed by atoms with E-state index in [9.17, 15) is 8.42 Å². The molecule has 0 amide bonds. The molecule has 6 nitrogen and oxygen atoms in total. The minimum atomic E-state index is -3.48. The molecular formula is C14H23N3O3S. The van der Waals surface area contributed by atoms with Crippen LogP contribution >= 0.6 is 0 Å². The number of ether oxygens (including phenoxy) is 1. The van der Waals surface area contributed by atoms with Crippen LogP contribution in [-0.2, 0) is 14.8 Å². The van der Waals surface area contributed by atoms with Crippen molar-refractivity contribution < 1.29 is 13.2 Å². The van der Waals surface area contributed by atoms with Gasteiger partial charge in [-0.2, -0.15) is 0 Å². The maximum atomic E-state index is 12.5. The number of benzene rings is 1. The Morgan fingerprint density at radius 3 is 2.67 bits per heavy atom. The van der Waals surface area contributed by atoms with E-state index < -0.39 is 10.0 Å². The second-order valence-corrected chi connectivity index (χ2v) is 7.59. The number of nitrogens with two attached hydrogens (primary N) is 1.